The van der Waals surface area contributed by atoms with Gasteiger partial charge in [-0.1, -0.05) is 36.4 Å². The van der Waals surface area contributed by atoms with Crippen LogP contribution in [0.4, 0.5) is 4.79 Å². The molecule has 0 aliphatic carbocycles. The Morgan fingerprint density at radius 3 is 2.65 bits per heavy atom. The van der Waals surface area contributed by atoms with Gasteiger partial charge in [0.25, 0.3) is 5.56 Å². The summed E-state index contributed by atoms with van der Waals surface area (Å²) in [6.07, 6.45) is 0.687. The smallest absolute Gasteiger partial charge is 0.434 e. The van der Waals surface area contributed by atoms with Gasteiger partial charge in [0.2, 0.25) is 0 Å². The molecule has 0 aliphatic rings. The SMILES string of the molecule is CCOC(=O)Oc1c[nH]c2c(=O)[nH]c3ccc(-c4ccccc4)cc3c12. The van der Waals surface area contributed by atoms with E-state index in [9.17, 15) is 9.59 Å². The standard InChI is InChI=1S/C20H16N2O4/c1-2-25-20(24)26-16-11-21-18-17(16)14-10-13(12-6-4-3-5-7-12)8-9-15(14)22-19(18)23/h3-11,21H,2H2,1H3,(H,22,23). The van der Waals surface area contributed by atoms with Gasteiger partial charge in [0, 0.05) is 17.1 Å². The predicted octanol–water partition coefficient (Wildman–Crippen LogP) is 4.21. The minimum Gasteiger partial charge on any atom is -0.434 e. The lowest BCUT2D eigenvalue weighted by atomic mass is 10.0. The van der Waals surface area contributed by atoms with Crippen molar-refractivity contribution in [3.05, 3.63) is 65.1 Å². The van der Waals surface area contributed by atoms with Crippen molar-refractivity contribution in [1.82, 2.24) is 9.97 Å². The van der Waals surface area contributed by atoms with Crippen LogP contribution in [0.15, 0.2) is 59.5 Å². The van der Waals surface area contributed by atoms with Crippen molar-refractivity contribution in [1.29, 1.82) is 0 Å². The van der Waals surface area contributed by atoms with Crippen molar-refractivity contribution in [2.75, 3.05) is 6.61 Å². The lowest BCUT2D eigenvalue weighted by molar-refractivity contribution is 0.105. The molecule has 0 aliphatic heterocycles. The molecule has 0 radical (unpaired) electrons. The van der Waals surface area contributed by atoms with Gasteiger partial charge < -0.3 is 19.4 Å². The van der Waals surface area contributed by atoms with E-state index in [0.717, 1.165) is 16.5 Å². The maximum Gasteiger partial charge on any atom is 0.513 e. The first kappa shape index (κ1) is 16.0. The van der Waals surface area contributed by atoms with Gasteiger partial charge in [-0.15, -0.1) is 0 Å². The molecule has 26 heavy (non-hydrogen) atoms. The molecule has 0 spiro atoms. The number of benzene rings is 2. The molecule has 2 aromatic heterocycles. The fourth-order valence-electron chi connectivity index (χ4n) is 3.02. The van der Waals surface area contributed by atoms with Gasteiger partial charge in [-0.2, -0.15) is 0 Å². The molecule has 130 valence electrons. The normalized spacial score (nSPS) is 11.0. The summed E-state index contributed by atoms with van der Waals surface area (Å²) in [5.41, 5.74) is 2.78. The Kier molecular flexibility index (Phi) is 3.93. The van der Waals surface area contributed by atoms with Gasteiger partial charge >= 0.3 is 6.16 Å². The van der Waals surface area contributed by atoms with E-state index in [1.165, 1.54) is 6.20 Å². The van der Waals surface area contributed by atoms with Crippen molar-refractivity contribution in [2.45, 2.75) is 6.92 Å². The van der Waals surface area contributed by atoms with Crippen LogP contribution < -0.4 is 10.3 Å². The first-order valence-corrected chi connectivity index (χ1v) is 8.24. The van der Waals surface area contributed by atoms with Crippen molar-refractivity contribution < 1.29 is 14.3 Å². The molecule has 2 N–H and O–H groups in total. The third-order valence-corrected chi connectivity index (χ3v) is 4.17. The summed E-state index contributed by atoms with van der Waals surface area (Å²) in [5.74, 6) is 0.264. The molecule has 2 aromatic carbocycles. The van der Waals surface area contributed by atoms with Gasteiger partial charge in [0.1, 0.15) is 5.52 Å². The second-order valence-corrected chi connectivity index (χ2v) is 5.77. The first-order valence-electron chi connectivity index (χ1n) is 8.24. The number of ether oxygens (including phenoxy) is 2. The number of aromatic nitrogens is 2. The van der Waals surface area contributed by atoms with Crippen LogP contribution in [0.1, 0.15) is 6.92 Å². The molecule has 6 heteroatoms. The van der Waals surface area contributed by atoms with E-state index in [0.29, 0.717) is 16.4 Å². The van der Waals surface area contributed by atoms with Crippen LogP contribution in [0.25, 0.3) is 32.9 Å². The van der Waals surface area contributed by atoms with E-state index in [4.69, 9.17) is 9.47 Å². The van der Waals surface area contributed by atoms with E-state index in [1.54, 1.807) is 6.92 Å². The number of nitrogens with one attached hydrogen (secondary N) is 2. The zero-order chi connectivity index (χ0) is 18.1. The average molecular weight is 348 g/mol. The molecule has 0 fully saturated rings. The quantitative estimate of drug-likeness (QED) is 0.543. The highest BCUT2D eigenvalue weighted by Gasteiger charge is 2.16. The molecule has 0 amide bonds. The predicted molar refractivity (Wildman–Crippen MR) is 99.5 cm³/mol. The summed E-state index contributed by atoms with van der Waals surface area (Å²) in [7, 11) is 0. The number of aromatic amines is 2. The maximum absolute atomic E-state index is 12.3. The lowest BCUT2D eigenvalue weighted by Crippen LogP contribution is -2.10. The molecule has 6 nitrogen and oxygen atoms in total. The number of carbonyl (C=O) groups excluding carboxylic acids is 1. The average Bonchev–Trinajstić information content (AvgIpc) is 3.07. The van der Waals surface area contributed by atoms with Gasteiger partial charge in [0.05, 0.1) is 12.0 Å². The van der Waals surface area contributed by atoms with E-state index >= 15 is 0 Å². The topological polar surface area (TPSA) is 84.2 Å². The van der Waals surface area contributed by atoms with Gasteiger partial charge in [-0.05, 0) is 30.2 Å². The Balaban J connectivity index is 1.95. The highest BCUT2D eigenvalue weighted by Crippen LogP contribution is 2.33. The van der Waals surface area contributed by atoms with Crippen LogP contribution in [0.3, 0.4) is 0 Å². The van der Waals surface area contributed by atoms with Crippen molar-refractivity contribution >= 4 is 28.0 Å². The van der Waals surface area contributed by atoms with Crippen LogP contribution in [0.5, 0.6) is 5.75 Å². The second kappa shape index (κ2) is 6.40. The zero-order valence-corrected chi connectivity index (χ0v) is 14.0. The van der Waals surface area contributed by atoms with Crippen LogP contribution in [-0.2, 0) is 4.74 Å². The molecule has 4 aromatic rings. The third-order valence-electron chi connectivity index (χ3n) is 4.17. The number of hydrogen-bond donors (Lipinski definition) is 2. The fourth-order valence-corrected chi connectivity index (χ4v) is 3.02. The van der Waals surface area contributed by atoms with E-state index in [-0.39, 0.29) is 17.9 Å². The molecule has 2 heterocycles. The van der Waals surface area contributed by atoms with Crippen LogP contribution in [-0.4, -0.2) is 22.7 Å². The third kappa shape index (κ3) is 2.71. The number of pyridine rings is 1. The van der Waals surface area contributed by atoms with Gasteiger partial charge in [0.15, 0.2) is 5.75 Å². The minimum absolute atomic E-state index is 0.209. The Bertz CT molecular complexity index is 1160. The van der Waals surface area contributed by atoms with Crippen molar-refractivity contribution in [3.8, 4) is 16.9 Å². The van der Waals surface area contributed by atoms with Gasteiger partial charge in [-0.3, -0.25) is 4.79 Å². The highest BCUT2D eigenvalue weighted by atomic mass is 16.7. The summed E-state index contributed by atoms with van der Waals surface area (Å²) in [4.78, 5) is 29.8. The lowest BCUT2D eigenvalue weighted by Gasteiger charge is -2.07. The monoisotopic (exact) mass is 348 g/mol. The summed E-state index contributed by atoms with van der Waals surface area (Å²) in [5, 5.41) is 1.33. The minimum atomic E-state index is -0.805. The molecular weight excluding hydrogens is 332 g/mol. The first-order chi connectivity index (χ1) is 12.7. The summed E-state index contributed by atoms with van der Waals surface area (Å²) in [6, 6.07) is 15.7. The number of hydrogen-bond acceptors (Lipinski definition) is 4. The molecule has 0 atom stereocenters. The molecule has 0 bridgehead atoms. The second-order valence-electron chi connectivity index (χ2n) is 5.77. The molecule has 0 unspecified atom stereocenters. The largest absolute Gasteiger partial charge is 0.513 e. The summed E-state index contributed by atoms with van der Waals surface area (Å²) in [6.45, 7) is 1.91. The Morgan fingerprint density at radius 1 is 1.08 bits per heavy atom. The highest BCUT2D eigenvalue weighted by molar-refractivity contribution is 6.09. The molecule has 0 saturated carbocycles. The van der Waals surface area contributed by atoms with E-state index in [1.807, 2.05) is 48.5 Å². The van der Waals surface area contributed by atoms with Crippen molar-refractivity contribution in [3.63, 3.8) is 0 Å². The van der Waals surface area contributed by atoms with E-state index in [2.05, 4.69) is 9.97 Å². The van der Waals surface area contributed by atoms with Crippen LogP contribution >= 0.6 is 0 Å². The Morgan fingerprint density at radius 2 is 1.88 bits per heavy atom. The van der Waals surface area contributed by atoms with E-state index < -0.39 is 6.16 Å². The number of rotatable bonds is 3. The van der Waals surface area contributed by atoms with Crippen LogP contribution in [0.2, 0.25) is 0 Å². The maximum atomic E-state index is 12.3. The summed E-state index contributed by atoms with van der Waals surface area (Å²) < 4.78 is 10.1. The van der Waals surface area contributed by atoms with Gasteiger partial charge in [-0.25, -0.2) is 4.79 Å². The number of carbonyl (C=O) groups is 1. The Labute approximate surface area is 148 Å². The zero-order valence-electron chi connectivity index (χ0n) is 14.0. The molecule has 0 saturated heterocycles. The summed E-state index contributed by atoms with van der Waals surface area (Å²) >= 11 is 0. The van der Waals surface area contributed by atoms with Crippen LogP contribution in [0, 0.1) is 0 Å². The number of H-pyrrole nitrogens is 2. The molecular formula is C20H16N2O4. The molecule has 4 rings (SSSR count). The fraction of sp³-hybridized carbons (Fsp3) is 0.100. The Hall–Kier alpha value is -3.54. The number of fused-ring (bicyclic) bond motifs is 3. The van der Waals surface area contributed by atoms with Crippen molar-refractivity contribution in [2.24, 2.45) is 0 Å².